The Balaban J connectivity index is 1.62. The normalized spacial score (nSPS) is 31.2. The number of fused-ring (bicyclic) bond motifs is 2. The fourth-order valence-electron chi connectivity index (χ4n) is 2.89. The van der Waals surface area contributed by atoms with Crippen LogP contribution in [0.4, 0.5) is 4.79 Å². The first-order valence-corrected chi connectivity index (χ1v) is 7.05. The summed E-state index contributed by atoms with van der Waals surface area (Å²) < 4.78 is 11.0. The number of carbonyl (C=O) groups excluding carboxylic acids is 1. The van der Waals surface area contributed by atoms with Crippen molar-refractivity contribution in [1.29, 1.82) is 0 Å². The Labute approximate surface area is 109 Å². The predicted molar refractivity (Wildman–Crippen MR) is 69.5 cm³/mol. The summed E-state index contributed by atoms with van der Waals surface area (Å²) in [5.74, 6) is 0.700. The molecule has 0 saturated carbocycles. The van der Waals surface area contributed by atoms with E-state index in [9.17, 15) is 4.79 Å². The van der Waals surface area contributed by atoms with Crippen LogP contribution in [0, 0.1) is 5.92 Å². The van der Waals surface area contributed by atoms with Gasteiger partial charge in [0.15, 0.2) is 0 Å². The van der Waals surface area contributed by atoms with Gasteiger partial charge < -0.3 is 14.8 Å². The molecule has 2 aliphatic rings. The third kappa shape index (κ3) is 4.16. The lowest BCUT2D eigenvalue weighted by molar-refractivity contribution is -0.0207. The second kappa shape index (κ2) is 5.47. The average Bonchev–Trinajstić information content (AvgIpc) is 2.55. The fraction of sp³-hybridized carbons (Fsp3) is 0.929. The van der Waals surface area contributed by atoms with Gasteiger partial charge in [0.1, 0.15) is 5.60 Å². The van der Waals surface area contributed by atoms with E-state index in [2.05, 4.69) is 5.32 Å². The number of nitrogens with one attached hydrogen (secondary N) is 1. The van der Waals surface area contributed by atoms with Crippen LogP contribution in [0.3, 0.4) is 0 Å². The SMILES string of the molecule is CC(C)(C)OC(=O)NCCC1CC2CCC(C1)O2. The van der Waals surface area contributed by atoms with E-state index in [4.69, 9.17) is 9.47 Å². The minimum atomic E-state index is -0.415. The van der Waals surface area contributed by atoms with Crippen LogP contribution in [0.2, 0.25) is 0 Å². The maximum atomic E-state index is 11.5. The monoisotopic (exact) mass is 255 g/mol. The average molecular weight is 255 g/mol. The van der Waals surface area contributed by atoms with E-state index in [-0.39, 0.29) is 6.09 Å². The van der Waals surface area contributed by atoms with Crippen LogP contribution >= 0.6 is 0 Å². The molecule has 2 bridgehead atoms. The highest BCUT2D eigenvalue weighted by molar-refractivity contribution is 5.67. The van der Waals surface area contributed by atoms with Crippen molar-refractivity contribution in [3.8, 4) is 0 Å². The number of ether oxygens (including phenoxy) is 2. The molecule has 2 aliphatic heterocycles. The minimum absolute atomic E-state index is 0.308. The summed E-state index contributed by atoms with van der Waals surface area (Å²) in [5.41, 5.74) is -0.415. The van der Waals surface area contributed by atoms with Crippen molar-refractivity contribution in [3.63, 3.8) is 0 Å². The predicted octanol–water partition coefficient (Wildman–Crippen LogP) is 2.86. The molecule has 4 heteroatoms. The van der Waals surface area contributed by atoms with Crippen LogP contribution in [-0.2, 0) is 9.47 Å². The van der Waals surface area contributed by atoms with E-state index in [1.807, 2.05) is 20.8 Å². The molecule has 1 N–H and O–H groups in total. The maximum Gasteiger partial charge on any atom is 0.407 e. The minimum Gasteiger partial charge on any atom is -0.444 e. The number of rotatable bonds is 3. The van der Waals surface area contributed by atoms with Gasteiger partial charge in [-0.1, -0.05) is 0 Å². The Kier molecular flexibility index (Phi) is 4.15. The lowest BCUT2D eigenvalue weighted by atomic mass is 9.92. The van der Waals surface area contributed by atoms with E-state index in [1.54, 1.807) is 0 Å². The first-order valence-electron chi connectivity index (χ1n) is 7.05. The molecule has 0 aromatic carbocycles. The van der Waals surface area contributed by atoms with Crippen molar-refractivity contribution in [2.75, 3.05) is 6.54 Å². The van der Waals surface area contributed by atoms with Crippen molar-refractivity contribution in [3.05, 3.63) is 0 Å². The third-order valence-electron chi connectivity index (χ3n) is 3.61. The largest absolute Gasteiger partial charge is 0.444 e. The molecule has 2 fully saturated rings. The van der Waals surface area contributed by atoms with Crippen molar-refractivity contribution in [2.24, 2.45) is 5.92 Å². The number of amides is 1. The van der Waals surface area contributed by atoms with Crippen LogP contribution in [0.25, 0.3) is 0 Å². The van der Waals surface area contributed by atoms with Gasteiger partial charge in [0.05, 0.1) is 12.2 Å². The molecule has 0 aliphatic carbocycles. The summed E-state index contributed by atoms with van der Waals surface area (Å²) in [7, 11) is 0. The van der Waals surface area contributed by atoms with Gasteiger partial charge in [0.2, 0.25) is 0 Å². The quantitative estimate of drug-likeness (QED) is 0.843. The fourth-order valence-corrected chi connectivity index (χ4v) is 2.89. The number of hydrogen-bond acceptors (Lipinski definition) is 3. The van der Waals surface area contributed by atoms with Crippen LogP contribution in [0.1, 0.15) is 52.9 Å². The van der Waals surface area contributed by atoms with Gasteiger partial charge in [-0.2, -0.15) is 0 Å². The molecule has 2 saturated heterocycles. The first-order chi connectivity index (χ1) is 8.42. The summed E-state index contributed by atoms with van der Waals surface area (Å²) in [6.45, 7) is 6.34. The zero-order chi connectivity index (χ0) is 13.2. The lowest BCUT2D eigenvalue weighted by Crippen LogP contribution is -2.34. The zero-order valence-corrected chi connectivity index (χ0v) is 11.7. The zero-order valence-electron chi connectivity index (χ0n) is 11.7. The molecule has 0 aromatic heterocycles. The van der Waals surface area contributed by atoms with Crippen LogP contribution in [0.5, 0.6) is 0 Å². The van der Waals surface area contributed by atoms with Gasteiger partial charge >= 0.3 is 6.09 Å². The summed E-state index contributed by atoms with van der Waals surface area (Å²) in [5, 5.41) is 2.83. The molecule has 0 radical (unpaired) electrons. The van der Waals surface area contributed by atoms with E-state index in [0.29, 0.717) is 24.7 Å². The van der Waals surface area contributed by atoms with Crippen molar-refractivity contribution in [2.45, 2.75) is 70.7 Å². The molecule has 0 aromatic rings. The van der Waals surface area contributed by atoms with Gasteiger partial charge in [-0.25, -0.2) is 4.79 Å². The second-order valence-electron chi connectivity index (χ2n) is 6.51. The molecule has 2 heterocycles. The Morgan fingerprint density at radius 3 is 2.44 bits per heavy atom. The van der Waals surface area contributed by atoms with Gasteiger partial charge in [-0.3, -0.25) is 0 Å². The molecule has 2 unspecified atom stereocenters. The van der Waals surface area contributed by atoms with Gasteiger partial charge in [0.25, 0.3) is 0 Å². The summed E-state index contributed by atoms with van der Waals surface area (Å²) in [4.78, 5) is 11.5. The van der Waals surface area contributed by atoms with Crippen LogP contribution in [0.15, 0.2) is 0 Å². The van der Waals surface area contributed by atoms with Crippen molar-refractivity contribution < 1.29 is 14.3 Å². The number of hydrogen-bond donors (Lipinski definition) is 1. The van der Waals surface area contributed by atoms with Crippen LogP contribution in [-0.4, -0.2) is 30.4 Å². The molecular formula is C14H25NO3. The Morgan fingerprint density at radius 2 is 1.89 bits per heavy atom. The summed E-state index contributed by atoms with van der Waals surface area (Å²) in [6, 6.07) is 0. The summed E-state index contributed by atoms with van der Waals surface area (Å²) >= 11 is 0. The lowest BCUT2D eigenvalue weighted by Gasteiger charge is -2.28. The van der Waals surface area contributed by atoms with Gasteiger partial charge in [-0.15, -0.1) is 0 Å². The molecule has 2 atom stereocenters. The third-order valence-corrected chi connectivity index (χ3v) is 3.61. The van der Waals surface area contributed by atoms with E-state index < -0.39 is 5.60 Å². The maximum absolute atomic E-state index is 11.5. The van der Waals surface area contributed by atoms with Crippen molar-refractivity contribution >= 4 is 6.09 Å². The van der Waals surface area contributed by atoms with E-state index in [1.165, 1.54) is 12.8 Å². The number of carbonyl (C=O) groups is 1. The molecular weight excluding hydrogens is 230 g/mol. The van der Waals surface area contributed by atoms with Crippen LogP contribution < -0.4 is 5.32 Å². The molecule has 104 valence electrons. The molecule has 2 rings (SSSR count). The van der Waals surface area contributed by atoms with Gasteiger partial charge in [-0.05, 0) is 58.8 Å². The topological polar surface area (TPSA) is 47.6 Å². The molecule has 18 heavy (non-hydrogen) atoms. The highest BCUT2D eigenvalue weighted by atomic mass is 16.6. The highest BCUT2D eigenvalue weighted by Gasteiger charge is 2.34. The molecule has 1 amide bonds. The van der Waals surface area contributed by atoms with Crippen molar-refractivity contribution in [1.82, 2.24) is 5.32 Å². The molecule has 0 spiro atoms. The Bertz CT molecular complexity index is 286. The highest BCUT2D eigenvalue weighted by Crippen LogP contribution is 2.36. The molecule has 4 nitrogen and oxygen atoms in total. The van der Waals surface area contributed by atoms with Gasteiger partial charge in [0, 0.05) is 6.54 Å². The van der Waals surface area contributed by atoms with E-state index in [0.717, 1.165) is 19.3 Å². The number of alkyl carbamates (subject to hydrolysis) is 1. The van der Waals surface area contributed by atoms with E-state index >= 15 is 0 Å². The first kappa shape index (κ1) is 13.7. The smallest absolute Gasteiger partial charge is 0.407 e. The second-order valence-corrected chi connectivity index (χ2v) is 6.51. The standard InChI is InChI=1S/C14H25NO3/c1-14(2,3)18-13(16)15-7-6-10-8-11-4-5-12(9-10)17-11/h10-12H,4-9H2,1-3H3,(H,15,16). The summed E-state index contributed by atoms with van der Waals surface area (Å²) in [6.07, 6.45) is 6.46. The Hall–Kier alpha value is -0.770. The Morgan fingerprint density at radius 1 is 1.28 bits per heavy atom.